The summed E-state index contributed by atoms with van der Waals surface area (Å²) in [4.78, 5) is 4.28. The molecule has 0 aliphatic rings. The molecule has 1 rings (SSSR count). The van der Waals surface area contributed by atoms with Gasteiger partial charge in [-0.05, 0) is 24.1 Å². The summed E-state index contributed by atoms with van der Waals surface area (Å²) in [6, 6.07) is 4.19. The number of ether oxygens (including phenoxy) is 1. The number of hydrogen-bond acceptors (Lipinski definition) is 4. The second-order valence-corrected chi connectivity index (χ2v) is 4.63. The zero-order chi connectivity index (χ0) is 11.6. The first-order valence-electron chi connectivity index (χ1n) is 5.62. The van der Waals surface area contributed by atoms with E-state index in [1.807, 2.05) is 18.0 Å². The van der Waals surface area contributed by atoms with Gasteiger partial charge in [0.05, 0.1) is 6.61 Å². The van der Waals surface area contributed by atoms with Crippen LogP contribution in [-0.2, 0) is 10.5 Å². The fraction of sp³-hybridized carbons (Fsp3) is 0.583. The zero-order valence-electron chi connectivity index (χ0n) is 10.0. The molecule has 1 heterocycles. The molecule has 3 nitrogen and oxygen atoms in total. The quantitative estimate of drug-likeness (QED) is 0.709. The minimum atomic E-state index is 0.816. The highest BCUT2D eigenvalue weighted by Gasteiger charge is 1.97. The minimum absolute atomic E-state index is 0.816. The Labute approximate surface area is 102 Å². The molecule has 0 radical (unpaired) electrons. The topological polar surface area (TPSA) is 34.1 Å². The summed E-state index contributed by atoms with van der Waals surface area (Å²) in [7, 11) is 1.74. The summed E-state index contributed by atoms with van der Waals surface area (Å²) in [5, 5.41) is 3.29. The lowest BCUT2D eigenvalue weighted by atomic mass is 10.3. The van der Waals surface area contributed by atoms with Gasteiger partial charge in [-0.3, -0.25) is 0 Å². The average molecular weight is 240 g/mol. The van der Waals surface area contributed by atoms with Crippen LogP contribution in [0.3, 0.4) is 0 Å². The molecule has 1 aromatic heterocycles. The summed E-state index contributed by atoms with van der Waals surface area (Å²) in [5.41, 5.74) is 1.31. The van der Waals surface area contributed by atoms with E-state index in [2.05, 4.69) is 29.4 Å². The number of nitrogens with zero attached hydrogens (tertiary/aromatic N) is 1. The number of thioether (sulfide) groups is 1. The van der Waals surface area contributed by atoms with Gasteiger partial charge in [-0.25, -0.2) is 4.98 Å². The van der Waals surface area contributed by atoms with E-state index in [0.717, 1.165) is 36.9 Å². The van der Waals surface area contributed by atoms with Gasteiger partial charge in [-0.15, -0.1) is 0 Å². The van der Waals surface area contributed by atoms with Gasteiger partial charge in [0.1, 0.15) is 5.82 Å². The molecule has 0 aliphatic heterocycles. The Morgan fingerprint density at radius 1 is 1.50 bits per heavy atom. The van der Waals surface area contributed by atoms with Crippen molar-refractivity contribution in [1.82, 2.24) is 4.98 Å². The van der Waals surface area contributed by atoms with Crippen molar-refractivity contribution in [3.05, 3.63) is 23.9 Å². The van der Waals surface area contributed by atoms with Crippen LogP contribution in [0.25, 0.3) is 0 Å². The average Bonchev–Trinajstić information content (AvgIpc) is 2.33. The first-order valence-corrected chi connectivity index (χ1v) is 6.77. The van der Waals surface area contributed by atoms with Crippen molar-refractivity contribution in [3.63, 3.8) is 0 Å². The fourth-order valence-corrected chi connectivity index (χ4v) is 2.09. The molecule has 0 saturated heterocycles. The lowest BCUT2D eigenvalue weighted by Gasteiger charge is -2.06. The molecule has 0 saturated carbocycles. The van der Waals surface area contributed by atoms with Crippen molar-refractivity contribution in [3.8, 4) is 0 Å². The Morgan fingerprint density at radius 3 is 3.12 bits per heavy atom. The van der Waals surface area contributed by atoms with Gasteiger partial charge in [0.15, 0.2) is 0 Å². The smallest absolute Gasteiger partial charge is 0.126 e. The van der Waals surface area contributed by atoms with Gasteiger partial charge < -0.3 is 10.1 Å². The molecule has 0 aromatic carbocycles. The van der Waals surface area contributed by atoms with Crippen LogP contribution in [0.2, 0.25) is 0 Å². The molecule has 0 spiro atoms. The molecule has 1 N–H and O–H groups in total. The number of nitrogens with one attached hydrogen (secondary N) is 1. The van der Waals surface area contributed by atoms with Crippen molar-refractivity contribution >= 4 is 17.6 Å². The lowest BCUT2D eigenvalue weighted by molar-refractivity contribution is 0.218. The molecular formula is C12H20N2OS. The highest BCUT2D eigenvalue weighted by molar-refractivity contribution is 7.98. The SMILES string of the molecule is CCCNc1cc(CSCCOC)ccn1. The van der Waals surface area contributed by atoms with E-state index in [9.17, 15) is 0 Å². The van der Waals surface area contributed by atoms with Gasteiger partial charge in [0.25, 0.3) is 0 Å². The zero-order valence-corrected chi connectivity index (χ0v) is 10.8. The van der Waals surface area contributed by atoms with Crippen molar-refractivity contribution in [2.45, 2.75) is 19.1 Å². The number of pyridine rings is 1. The molecular weight excluding hydrogens is 220 g/mol. The maximum atomic E-state index is 5.01. The molecule has 16 heavy (non-hydrogen) atoms. The number of methoxy groups -OCH3 is 1. The maximum absolute atomic E-state index is 5.01. The second kappa shape index (κ2) is 8.42. The van der Waals surface area contributed by atoms with Crippen LogP contribution in [0.1, 0.15) is 18.9 Å². The van der Waals surface area contributed by atoms with Crippen LogP contribution in [0.5, 0.6) is 0 Å². The molecule has 0 bridgehead atoms. The highest BCUT2D eigenvalue weighted by atomic mass is 32.2. The van der Waals surface area contributed by atoms with Crippen molar-refractivity contribution in [1.29, 1.82) is 0 Å². The van der Waals surface area contributed by atoms with Gasteiger partial charge >= 0.3 is 0 Å². The summed E-state index contributed by atoms with van der Waals surface area (Å²) in [6.45, 7) is 3.95. The maximum Gasteiger partial charge on any atom is 0.126 e. The van der Waals surface area contributed by atoms with E-state index in [1.165, 1.54) is 5.56 Å². The monoisotopic (exact) mass is 240 g/mol. The molecule has 0 atom stereocenters. The van der Waals surface area contributed by atoms with Crippen LogP contribution in [-0.4, -0.2) is 31.0 Å². The third kappa shape index (κ3) is 5.37. The molecule has 0 amide bonds. The Balaban J connectivity index is 2.35. The normalized spacial score (nSPS) is 10.4. The summed E-state index contributed by atoms with van der Waals surface area (Å²) in [5.74, 6) is 3.04. The predicted octanol–water partition coefficient (Wildman–Crippen LogP) is 2.78. The molecule has 0 fully saturated rings. The van der Waals surface area contributed by atoms with Gasteiger partial charge in [0.2, 0.25) is 0 Å². The Bertz CT molecular complexity index is 294. The number of hydrogen-bond donors (Lipinski definition) is 1. The van der Waals surface area contributed by atoms with Gasteiger partial charge in [0, 0.05) is 31.4 Å². The van der Waals surface area contributed by atoms with Crippen LogP contribution in [0.4, 0.5) is 5.82 Å². The lowest BCUT2D eigenvalue weighted by Crippen LogP contribution is -2.02. The molecule has 1 aromatic rings. The fourth-order valence-electron chi connectivity index (χ4n) is 1.25. The number of aromatic nitrogens is 1. The minimum Gasteiger partial charge on any atom is -0.384 e. The Kier molecular flexibility index (Phi) is 7.01. The van der Waals surface area contributed by atoms with Crippen molar-refractivity contribution in [2.75, 3.05) is 31.3 Å². The summed E-state index contributed by atoms with van der Waals surface area (Å²) in [6.07, 6.45) is 2.98. The van der Waals surface area contributed by atoms with Crippen LogP contribution in [0.15, 0.2) is 18.3 Å². The third-order valence-corrected chi connectivity index (χ3v) is 3.07. The highest BCUT2D eigenvalue weighted by Crippen LogP contribution is 2.14. The predicted molar refractivity (Wildman–Crippen MR) is 71.1 cm³/mol. The van der Waals surface area contributed by atoms with Crippen LogP contribution < -0.4 is 5.32 Å². The number of rotatable bonds is 8. The molecule has 4 heteroatoms. The van der Waals surface area contributed by atoms with Gasteiger partial charge in [-0.2, -0.15) is 11.8 Å². The van der Waals surface area contributed by atoms with E-state index in [-0.39, 0.29) is 0 Å². The second-order valence-electron chi connectivity index (χ2n) is 3.52. The summed E-state index contributed by atoms with van der Waals surface area (Å²) >= 11 is 1.88. The molecule has 90 valence electrons. The Hall–Kier alpha value is -0.740. The van der Waals surface area contributed by atoms with E-state index >= 15 is 0 Å². The van der Waals surface area contributed by atoms with E-state index in [4.69, 9.17) is 4.74 Å². The first kappa shape index (κ1) is 13.3. The molecule has 0 unspecified atom stereocenters. The van der Waals surface area contributed by atoms with Crippen molar-refractivity contribution in [2.24, 2.45) is 0 Å². The van der Waals surface area contributed by atoms with Gasteiger partial charge in [-0.1, -0.05) is 6.92 Å². The number of anilines is 1. The summed E-state index contributed by atoms with van der Waals surface area (Å²) < 4.78 is 5.01. The van der Waals surface area contributed by atoms with Crippen molar-refractivity contribution < 1.29 is 4.74 Å². The van der Waals surface area contributed by atoms with Crippen LogP contribution >= 0.6 is 11.8 Å². The van der Waals surface area contributed by atoms with E-state index < -0.39 is 0 Å². The van der Waals surface area contributed by atoms with E-state index in [1.54, 1.807) is 7.11 Å². The first-order chi connectivity index (χ1) is 7.86. The largest absolute Gasteiger partial charge is 0.384 e. The van der Waals surface area contributed by atoms with E-state index in [0.29, 0.717) is 0 Å². The van der Waals surface area contributed by atoms with Crippen LogP contribution in [0, 0.1) is 0 Å². The standard InChI is InChI=1S/C12H20N2OS/c1-3-5-13-12-9-11(4-6-14-12)10-16-8-7-15-2/h4,6,9H,3,5,7-8,10H2,1-2H3,(H,13,14). The third-order valence-electron chi connectivity index (χ3n) is 2.08. The molecule has 0 aliphatic carbocycles. The Morgan fingerprint density at radius 2 is 2.38 bits per heavy atom.